The van der Waals surface area contributed by atoms with Gasteiger partial charge in [-0.15, -0.1) is 0 Å². The summed E-state index contributed by atoms with van der Waals surface area (Å²) < 4.78 is 5.45. The van der Waals surface area contributed by atoms with Crippen LogP contribution in [0.4, 0.5) is 5.69 Å². The fourth-order valence-corrected chi connectivity index (χ4v) is 2.25. The third-order valence-corrected chi connectivity index (χ3v) is 3.19. The van der Waals surface area contributed by atoms with Gasteiger partial charge in [-0.3, -0.25) is 0 Å². The Morgan fingerprint density at radius 2 is 2.22 bits per heavy atom. The maximum Gasteiger partial charge on any atom is 0.0681 e. The maximum atomic E-state index is 8.98. The molecule has 1 heterocycles. The Hall–Kier alpha value is -1.10. The zero-order valence-corrected chi connectivity index (χ0v) is 10.9. The molecule has 1 aromatic rings. The number of hydrogen-bond donors (Lipinski definition) is 3. The number of benzene rings is 1. The Morgan fingerprint density at radius 3 is 2.83 bits per heavy atom. The Morgan fingerprint density at radius 1 is 1.44 bits per heavy atom. The van der Waals surface area contributed by atoms with Gasteiger partial charge >= 0.3 is 0 Å². The van der Waals surface area contributed by atoms with E-state index in [-0.39, 0.29) is 6.61 Å². The van der Waals surface area contributed by atoms with Gasteiger partial charge in [0, 0.05) is 24.3 Å². The smallest absolute Gasteiger partial charge is 0.0681 e. The average molecular weight is 250 g/mol. The molecule has 3 N–H and O–H groups in total. The van der Waals surface area contributed by atoms with E-state index < -0.39 is 0 Å². The lowest BCUT2D eigenvalue weighted by Gasteiger charge is -2.27. The predicted molar refractivity (Wildman–Crippen MR) is 72.7 cm³/mol. The number of morpholine rings is 1. The molecule has 0 spiro atoms. The molecular weight excluding hydrogens is 228 g/mol. The van der Waals surface area contributed by atoms with Gasteiger partial charge in [0.15, 0.2) is 0 Å². The topological polar surface area (TPSA) is 53.5 Å². The summed E-state index contributed by atoms with van der Waals surface area (Å²) in [4.78, 5) is 0. The summed E-state index contributed by atoms with van der Waals surface area (Å²) in [7, 11) is 0. The molecule has 2 atom stereocenters. The van der Waals surface area contributed by atoms with E-state index in [1.807, 2.05) is 24.3 Å². The predicted octanol–water partition coefficient (Wildman–Crippen LogP) is 1.36. The quantitative estimate of drug-likeness (QED) is 0.738. The minimum Gasteiger partial charge on any atom is -0.392 e. The first-order valence-corrected chi connectivity index (χ1v) is 6.55. The molecule has 100 valence electrons. The largest absolute Gasteiger partial charge is 0.392 e. The average Bonchev–Trinajstić information content (AvgIpc) is 2.40. The summed E-state index contributed by atoms with van der Waals surface area (Å²) in [6.07, 6.45) is 1.04. The molecule has 0 saturated carbocycles. The van der Waals surface area contributed by atoms with Crippen LogP contribution in [0.3, 0.4) is 0 Å². The standard InChI is InChI=1S/C14H22N2O2/c1-11(8-14-10-18-7-6-15-14)16-13-4-2-12(9-17)3-5-13/h2-5,11,14-17H,6-10H2,1H3. The second-order valence-corrected chi connectivity index (χ2v) is 4.86. The lowest BCUT2D eigenvalue weighted by molar-refractivity contribution is 0.0731. The van der Waals surface area contributed by atoms with Crippen LogP contribution in [-0.4, -0.2) is 36.9 Å². The number of aliphatic hydroxyl groups is 1. The second-order valence-electron chi connectivity index (χ2n) is 4.86. The number of hydrogen-bond acceptors (Lipinski definition) is 4. The van der Waals surface area contributed by atoms with Crippen molar-refractivity contribution in [1.82, 2.24) is 5.32 Å². The SMILES string of the molecule is CC(CC1COCCN1)Nc1ccc(CO)cc1. The van der Waals surface area contributed by atoms with E-state index in [9.17, 15) is 0 Å². The van der Waals surface area contributed by atoms with Gasteiger partial charge in [-0.05, 0) is 31.0 Å². The molecule has 0 aromatic heterocycles. The summed E-state index contributed by atoms with van der Waals surface area (Å²) in [6, 6.07) is 8.73. The molecule has 1 saturated heterocycles. The normalized spacial score (nSPS) is 21.6. The minimum atomic E-state index is 0.0964. The van der Waals surface area contributed by atoms with Crippen LogP contribution in [0.25, 0.3) is 0 Å². The Labute approximate surface area is 108 Å². The van der Waals surface area contributed by atoms with E-state index in [2.05, 4.69) is 17.6 Å². The van der Waals surface area contributed by atoms with Crippen LogP contribution in [0, 0.1) is 0 Å². The maximum absolute atomic E-state index is 8.98. The number of anilines is 1. The van der Waals surface area contributed by atoms with Crippen LogP contribution in [0.5, 0.6) is 0 Å². The van der Waals surface area contributed by atoms with E-state index in [0.29, 0.717) is 12.1 Å². The highest BCUT2D eigenvalue weighted by molar-refractivity contribution is 5.45. The summed E-state index contributed by atoms with van der Waals surface area (Å²) >= 11 is 0. The summed E-state index contributed by atoms with van der Waals surface area (Å²) in [5, 5.41) is 15.9. The number of aliphatic hydroxyl groups excluding tert-OH is 1. The summed E-state index contributed by atoms with van der Waals surface area (Å²) in [5.74, 6) is 0. The van der Waals surface area contributed by atoms with Crippen molar-refractivity contribution in [3.8, 4) is 0 Å². The second kappa shape index (κ2) is 6.73. The zero-order valence-electron chi connectivity index (χ0n) is 10.9. The fourth-order valence-electron chi connectivity index (χ4n) is 2.25. The van der Waals surface area contributed by atoms with Crippen LogP contribution >= 0.6 is 0 Å². The van der Waals surface area contributed by atoms with Crippen LogP contribution in [0.1, 0.15) is 18.9 Å². The Balaban J connectivity index is 1.80. The van der Waals surface area contributed by atoms with Gasteiger partial charge < -0.3 is 20.5 Å². The van der Waals surface area contributed by atoms with E-state index in [1.165, 1.54) is 0 Å². The molecule has 2 rings (SSSR count). The van der Waals surface area contributed by atoms with Gasteiger partial charge in [-0.25, -0.2) is 0 Å². The van der Waals surface area contributed by atoms with E-state index >= 15 is 0 Å². The van der Waals surface area contributed by atoms with Gasteiger partial charge in [-0.1, -0.05) is 12.1 Å². The first-order chi connectivity index (χ1) is 8.78. The Bertz CT molecular complexity index is 347. The Kier molecular flexibility index (Phi) is 4.99. The van der Waals surface area contributed by atoms with E-state index in [4.69, 9.17) is 9.84 Å². The molecule has 0 bridgehead atoms. The van der Waals surface area contributed by atoms with Gasteiger partial charge in [0.25, 0.3) is 0 Å². The highest BCUT2D eigenvalue weighted by Gasteiger charge is 2.15. The molecule has 1 aliphatic rings. The molecule has 18 heavy (non-hydrogen) atoms. The van der Waals surface area contributed by atoms with Gasteiger partial charge in [0.05, 0.1) is 19.8 Å². The summed E-state index contributed by atoms with van der Waals surface area (Å²) in [5.41, 5.74) is 2.03. The number of nitrogens with one attached hydrogen (secondary N) is 2. The van der Waals surface area contributed by atoms with Crippen molar-refractivity contribution in [3.63, 3.8) is 0 Å². The minimum absolute atomic E-state index is 0.0964. The van der Waals surface area contributed by atoms with Crippen molar-refractivity contribution >= 4 is 5.69 Å². The molecule has 2 unspecified atom stereocenters. The van der Waals surface area contributed by atoms with Crippen LogP contribution in [0.15, 0.2) is 24.3 Å². The third kappa shape index (κ3) is 3.98. The van der Waals surface area contributed by atoms with Crippen molar-refractivity contribution in [3.05, 3.63) is 29.8 Å². The molecule has 1 aliphatic heterocycles. The summed E-state index contributed by atoms with van der Waals surface area (Å²) in [6.45, 7) is 4.84. The molecule has 1 aromatic carbocycles. The monoisotopic (exact) mass is 250 g/mol. The highest BCUT2D eigenvalue weighted by atomic mass is 16.5. The van der Waals surface area contributed by atoms with Crippen LogP contribution < -0.4 is 10.6 Å². The number of rotatable bonds is 5. The first-order valence-electron chi connectivity index (χ1n) is 6.55. The molecule has 4 heteroatoms. The lowest BCUT2D eigenvalue weighted by Crippen LogP contribution is -2.43. The van der Waals surface area contributed by atoms with Crippen molar-refractivity contribution in [1.29, 1.82) is 0 Å². The molecule has 1 fully saturated rings. The lowest BCUT2D eigenvalue weighted by atomic mass is 10.1. The van der Waals surface area contributed by atoms with Gasteiger partial charge in [0.1, 0.15) is 0 Å². The zero-order chi connectivity index (χ0) is 12.8. The van der Waals surface area contributed by atoms with Crippen molar-refractivity contribution < 1.29 is 9.84 Å². The molecule has 0 radical (unpaired) electrons. The fraction of sp³-hybridized carbons (Fsp3) is 0.571. The highest BCUT2D eigenvalue weighted by Crippen LogP contribution is 2.13. The van der Waals surface area contributed by atoms with Crippen molar-refractivity contribution in [2.75, 3.05) is 25.1 Å². The first kappa shape index (κ1) is 13.3. The van der Waals surface area contributed by atoms with E-state index in [0.717, 1.165) is 37.4 Å². The van der Waals surface area contributed by atoms with Crippen LogP contribution in [0.2, 0.25) is 0 Å². The van der Waals surface area contributed by atoms with Crippen molar-refractivity contribution in [2.24, 2.45) is 0 Å². The molecule has 4 nitrogen and oxygen atoms in total. The van der Waals surface area contributed by atoms with E-state index in [1.54, 1.807) is 0 Å². The molecular formula is C14H22N2O2. The third-order valence-electron chi connectivity index (χ3n) is 3.19. The molecule has 0 amide bonds. The van der Waals surface area contributed by atoms with Gasteiger partial charge in [-0.2, -0.15) is 0 Å². The van der Waals surface area contributed by atoms with Gasteiger partial charge in [0.2, 0.25) is 0 Å². The molecule has 0 aliphatic carbocycles. The van der Waals surface area contributed by atoms with Crippen LogP contribution in [-0.2, 0) is 11.3 Å². The van der Waals surface area contributed by atoms with Crippen molar-refractivity contribution in [2.45, 2.75) is 32.0 Å². The number of ether oxygens (including phenoxy) is 1.